The van der Waals surface area contributed by atoms with E-state index in [0.29, 0.717) is 6.42 Å². The van der Waals surface area contributed by atoms with Crippen LogP contribution in [0.4, 0.5) is 13.2 Å². The molecule has 1 aliphatic rings. The monoisotopic (exact) mass is 309 g/mol. The molecule has 1 rings (SSSR count). The Bertz CT molecular complexity index is 389. The lowest BCUT2D eigenvalue weighted by atomic mass is 9.81. The van der Waals surface area contributed by atoms with E-state index in [1.807, 2.05) is 0 Å². The van der Waals surface area contributed by atoms with Gasteiger partial charge in [0, 0.05) is 12.5 Å². The normalized spacial score (nSPS) is 26.0. The molecule has 1 unspecified atom stereocenters. The molecule has 0 saturated heterocycles. The maximum atomic E-state index is 12.5. The van der Waals surface area contributed by atoms with Gasteiger partial charge in [-0.15, -0.1) is 0 Å². The van der Waals surface area contributed by atoms with Crippen molar-refractivity contribution < 1.29 is 27.9 Å². The number of carbonyl (C=O) groups excluding carboxylic acids is 1. The summed E-state index contributed by atoms with van der Waals surface area (Å²) in [7, 11) is 0. The highest BCUT2D eigenvalue weighted by Crippen LogP contribution is 2.39. The molecule has 21 heavy (non-hydrogen) atoms. The molecule has 0 heterocycles. The molecule has 0 aromatic rings. The minimum Gasteiger partial charge on any atom is -0.481 e. The Morgan fingerprint density at radius 3 is 2.10 bits per heavy atom. The molecule has 122 valence electrons. The number of hydrogen-bond acceptors (Lipinski definition) is 2. The highest BCUT2D eigenvalue weighted by molar-refractivity contribution is 5.80. The van der Waals surface area contributed by atoms with Gasteiger partial charge in [-0.25, -0.2) is 0 Å². The van der Waals surface area contributed by atoms with Crippen molar-refractivity contribution in [2.24, 2.45) is 17.3 Å². The quantitative estimate of drug-likeness (QED) is 0.820. The minimum atomic E-state index is -4.19. The van der Waals surface area contributed by atoms with Crippen LogP contribution >= 0.6 is 0 Å². The van der Waals surface area contributed by atoms with E-state index in [9.17, 15) is 22.8 Å². The summed E-state index contributed by atoms with van der Waals surface area (Å²) in [5, 5.41) is 11.7. The number of hydrogen-bond donors (Lipinski definition) is 2. The number of carbonyl (C=O) groups is 2. The average molecular weight is 309 g/mol. The molecule has 1 amide bonds. The topological polar surface area (TPSA) is 66.4 Å². The summed E-state index contributed by atoms with van der Waals surface area (Å²) in [5.41, 5.74) is -1.04. The van der Waals surface area contributed by atoms with Gasteiger partial charge in [-0.3, -0.25) is 9.59 Å². The number of amides is 1. The average Bonchev–Trinajstić information content (AvgIpc) is 2.43. The Labute approximate surface area is 122 Å². The van der Waals surface area contributed by atoms with E-state index >= 15 is 0 Å². The molecule has 1 atom stereocenters. The third kappa shape index (κ3) is 4.61. The van der Waals surface area contributed by atoms with E-state index in [1.54, 1.807) is 6.92 Å². The van der Waals surface area contributed by atoms with Crippen molar-refractivity contribution in [2.75, 3.05) is 6.54 Å². The second-order valence-corrected chi connectivity index (χ2v) is 6.03. The number of carboxylic acid groups (broad SMARTS) is 1. The molecule has 0 aromatic heterocycles. The van der Waals surface area contributed by atoms with Gasteiger partial charge in [0.15, 0.2) is 0 Å². The van der Waals surface area contributed by atoms with Crippen molar-refractivity contribution in [1.82, 2.24) is 5.32 Å². The van der Waals surface area contributed by atoms with E-state index in [4.69, 9.17) is 5.11 Å². The first-order valence-corrected chi connectivity index (χ1v) is 7.18. The van der Waals surface area contributed by atoms with Gasteiger partial charge in [0.2, 0.25) is 5.91 Å². The van der Waals surface area contributed by atoms with Crippen LogP contribution in [0.25, 0.3) is 0 Å². The van der Waals surface area contributed by atoms with Gasteiger partial charge in [-0.1, -0.05) is 6.92 Å². The Morgan fingerprint density at radius 1 is 1.19 bits per heavy atom. The van der Waals surface area contributed by atoms with E-state index in [-0.39, 0.29) is 38.1 Å². The van der Waals surface area contributed by atoms with E-state index < -0.39 is 29.4 Å². The van der Waals surface area contributed by atoms with Crippen molar-refractivity contribution in [3.63, 3.8) is 0 Å². The van der Waals surface area contributed by atoms with Gasteiger partial charge < -0.3 is 10.4 Å². The Hall–Kier alpha value is -1.27. The van der Waals surface area contributed by atoms with Gasteiger partial charge in [-0.2, -0.15) is 13.2 Å². The molecular formula is C14H22F3NO3. The lowest BCUT2D eigenvalue weighted by molar-refractivity contribution is -0.184. The largest absolute Gasteiger partial charge is 0.481 e. The van der Waals surface area contributed by atoms with Gasteiger partial charge in [-0.05, 0) is 39.0 Å². The van der Waals surface area contributed by atoms with E-state index in [1.165, 1.54) is 6.92 Å². The molecule has 1 fully saturated rings. The first kappa shape index (κ1) is 17.8. The number of rotatable bonds is 5. The van der Waals surface area contributed by atoms with Crippen LogP contribution in [-0.4, -0.2) is 29.7 Å². The fourth-order valence-corrected chi connectivity index (χ4v) is 2.46. The zero-order valence-corrected chi connectivity index (χ0v) is 12.3. The maximum Gasteiger partial charge on any atom is 0.391 e. The molecule has 0 aromatic carbocycles. The molecule has 0 radical (unpaired) electrons. The summed E-state index contributed by atoms with van der Waals surface area (Å²) < 4.78 is 37.6. The van der Waals surface area contributed by atoms with Gasteiger partial charge in [0.05, 0.1) is 11.3 Å². The summed E-state index contributed by atoms with van der Waals surface area (Å²) in [6.45, 7) is 3.25. The molecule has 1 saturated carbocycles. The van der Waals surface area contributed by atoms with Crippen molar-refractivity contribution in [2.45, 2.75) is 52.1 Å². The first-order valence-electron chi connectivity index (χ1n) is 7.18. The molecular weight excluding hydrogens is 287 g/mol. The SMILES string of the molecule is CCC(C)(CNC(=O)C1CCC(C(F)(F)F)CC1)C(=O)O. The molecule has 4 nitrogen and oxygen atoms in total. The molecule has 0 spiro atoms. The fraction of sp³-hybridized carbons (Fsp3) is 0.857. The number of halogens is 3. The highest BCUT2D eigenvalue weighted by Gasteiger charge is 2.42. The molecule has 0 bridgehead atoms. The Kier molecular flexibility index (Phi) is 5.64. The second kappa shape index (κ2) is 6.66. The van der Waals surface area contributed by atoms with Crippen LogP contribution in [0.3, 0.4) is 0 Å². The third-order valence-corrected chi connectivity index (χ3v) is 4.51. The molecule has 1 aliphatic carbocycles. The Balaban J connectivity index is 2.47. The molecule has 0 aliphatic heterocycles. The predicted octanol–water partition coefficient (Wildman–Crippen LogP) is 2.97. The second-order valence-electron chi connectivity index (χ2n) is 6.03. The lowest BCUT2D eigenvalue weighted by Gasteiger charge is -2.30. The smallest absolute Gasteiger partial charge is 0.391 e. The van der Waals surface area contributed by atoms with Crippen LogP contribution in [0.15, 0.2) is 0 Å². The number of aliphatic carboxylic acids is 1. The van der Waals surface area contributed by atoms with Gasteiger partial charge in [0.25, 0.3) is 0 Å². The molecule has 7 heteroatoms. The zero-order valence-electron chi connectivity index (χ0n) is 12.3. The zero-order chi connectivity index (χ0) is 16.3. The number of carboxylic acids is 1. The summed E-state index contributed by atoms with van der Waals surface area (Å²) in [6, 6.07) is 0. The lowest BCUT2D eigenvalue weighted by Crippen LogP contribution is -2.43. The Morgan fingerprint density at radius 2 is 1.71 bits per heavy atom. The standard InChI is InChI=1S/C14H22F3NO3/c1-3-13(2,12(20)21)8-18-11(19)9-4-6-10(7-5-9)14(15,16)17/h9-10H,3-8H2,1-2H3,(H,18,19)(H,20,21). The van der Waals surface area contributed by atoms with Crippen LogP contribution in [0, 0.1) is 17.3 Å². The highest BCUT2D eigenvalue weighted by atomic mass is 19.4. The minimum absolute atomic E-state index is 0.00311. The van der Waals surface area contributed by atoms with Crippen LogP contribution in [0.1, 0.15) is 46.0 Å². The molecule has 2 N–H and O–H groups in total. The summed E-state index contributed by atoms with van der Waals surface area (Å²) in [6.07, 6.45) is -3.50. The van der Waals surface area contributed by atoms with Crippen molar-refractivity contribution >= 4 is 11.9 Å². The fourth-order valence-electron chi connectivity index (χ4n) is 2.46. The summed E-state index contributed by atoms with van der Waals surface area (Å²) in [5.74, 6) is -3.09. The van der Waals surface area contributed by atoms with Gasteiger partial charge in [0.1, 0.15) is 0 Å². The van der Waals surface area contributed by atoms with Crippen molar-refractivity contribution in [1.29, 1.82) is 0 Å². The first-order chi connectivity index (χ1) is 9.60. The van der Waals surface area contributed by atoms with Crippen LogP contribution in [0.2, 0.25) is 0 Å². The van der Waals surface area contributed by atoms with Crippen molar-refractivity contribution in [3.8, 4) is 0 Å². The van der Waals surface area contributed by atoms with E-state index in [0.717, 1.165) is 0 Å². The van der Waals surface area contributed by atoms with Gasteiger partial charge >= 0.3 is 12.1 Å². The van der Waals surface area contributed by atoms with Crippen LogP contribution in [-0.2, 0) is 9.59 Å². The summed E-state index contributed by atoms with van der Waals surface area (Å²) >= 11 is 0. The summed E-state index contributed by atoms with van der Waals surface area (Å²) in [4.78, 5) is 23.1. The van der Waals surface area contributed by atoms with Crippen molar-refractivity contribution in [3.05, 3.63) is 0 Å². The van der Waals surface area contributed by atoms with Crippen LogP contribution < -0.4 is 5.32 Å². The third-order valence-electron chi connectivity index (χ3n) is 4.51. The number of alkyl halides is 3. The van der Waals surface area contributed by atoms with E-state index in [2.05, 4.69) is 5.32 Å². The van der Waals surface area contributed by atoms with Crippen LogP contribution in [0.5, 0.6) is 0 Å². The maximum absolute atomic E-state index is 12.5. The number of nitrogens with one attached hydrogen (secondary N) is 1. The predicted molar refractivity (Wildman–Crippen MR) is 70.5 cm³/mol.